The predicted molar refractivity (Wildman–Crippen MR) is 130 cm³/mol. The summed E-state index contributed by atoms with van der Waals surface area (Å²) in [5.41, 5.74) is 5.68. The van der Waals surface area contributed by atoms with Crippen LogP contribution in [0.3, 0.4) is 0 Å². The van der Waals surface area contributed by atoms with Crippen molar-refractivity contribution in [3.8, 4) is 16.9 Å². The van der Waals surface area contributed by atoms with Gasteiger partial charge in [0.2, 0.25) is 5.69 Å². The van der Waals surface area contributed by atoms with Crippen molar-refractivity contribution < 1.29 is 11.4 Å². The van der Waals surface area contributed by atoms with Crippen LogP contribution in [0.15, 0.2) is 48.9 Å². The maximum Gasteiger partial charge on any atom is 0.213 e. The molecule has 1 aliphatic heterocycles. The van der Waals surface area contributed by atoms with E-state index in [9.17, 15) is 2.74 Å². The molecule has 1 fully saturated rings. The van der Waals surface area contributed by atoms with Gasteiger partial charge in [-0.05, 0) is 48.1 Å². The van der Waals surface area contributed by atoms with Gasteiger partial charge in [0, 0.05) is 42.7 Å². The maximum absolute atomic E-state index is 9.22. The summed E-state index contributed by atoms with van der Waals surface area (Å²) in [7, 11) is 1.87. The number of hydrogen-bond acceptors (Lipinski definition) is 1. The molecule has 3 heteroatoms. The number of benzene rings is 2. The molecule has 0 spiro atoms. The largest absolute Gasteiger partial charge is 0.303 e. The molecule has 0 N–H and O–H groups in total. The van der Waals surface area contributed by atoms with Crippen molar-refractivity contribution in [2.24, 2.45) is 13.0 Å². The molecular formula is C29H32N3+. The average molecular weight is 428 g/mol. The van der Waals surface area contributed by atoms with Crippen molar-refractivity contribution in [2.75, 3.05) is 0 Å². The Morgan fingerprint density at radius 2 is 2.00 bits per heavy atom. The minimum absolute atomic E-state index is 0.109. The summed E-state index contributed by atoms with van der Waals surface area (Å²) in [6.07, 6.45) is 9.09. The van der Waals surface area contributed by atoms with E-state index in [2.05, 4.69) is 34.7 Å². The number of imidazole rings is 1. The molecule has 2 aromatic carbocycles. The second-order valence-electron chi connectivity index (χ2n) is 9.34. The van der Waals surface area contributed by atoms with Gasteiger partial charge in [-0.3, -0.25) is 0 Å². The Balaban J connectivity index is 1.65. The molecule has 1 aliphatic carbocycles. The quantitative estimate of drug-likeness (QED) is 0.316. The summed E-state index contributed by atoms with van der Waals surface area (Å²) in [5.74, 6) is 0.794. The van der Waals surface area contributed by atoms with E-state index < -0.39 is 13.2 Å². The Bertz CT molecular complexity index is 1530. The third kappa shape index (κ3) is 3.02. The highest BCUT2D eigenvalue weighted by atomic mass is 15.1. The van der Waals surface area contributed by atoms with Gasteiger partial charge in [-0.2, -0.15) is 0 Å². The van der Waals surface area contributed by atoms with E-state index in [1.165, 1.54) is 0 Å². The van der Waals surface area contributed by atoms with Crippen molar-refractivity contribution in [1.29, 1.82) is 0 Å². The highest BCUT2D eigenvalue weighted by Gasteiger charge is 2.30. The van der Waals surface area contributed by atoms with Crippen LogP contribution in [-0.2, 0) is 19.8 Å². The molecule has 0 bridgehead atoms. The summed E-state index contributed by atoms with van der Waals surface area (Å²) in [6, 6.07) is 10.2. The van der Waals surface area contributed by atoms with E-state index in [4.69, 9.17) is 4.11 Å². The van der Waals surface area contributed by atoms with E-state index in [0.29, 0.717) is 12.0 Å². The minimum atomic E-state index is -2.41. The molecule has 0 atom stereocenters. The smallest absolute Gasteiger partial charge is 0.213 e. The van der Waals surface area contributed by atoms with Gasteiger partial charge in [0.25, 0.3) is 0 Å². The van der Waals surface area contributed by atoms with Crippen LogP contribution in [0.1, 0.15) is 67.0 Å². The molecule has 2 aliphatic rings. The minimum Gasteiger partial charge on any atom is -0.303 e. The molecule has 0 radical (unpaired) electrons. The second-order valence-corrected chi connectivity index (χ2v) is 9.34. The van der Waals surface area contributed by atoms with Gasteiger partial charge in [-0.15, -0.1) is 0 Å². The van der Waals surface area contributed by atoms with E-state index in [1.807, 2.05) is 36.1 Å². The molecule has 0 amide bonds. The second kappa shape index (κ2) is 7.58. The van der Waals surface area contributed by atoms with Crippen LogP contribution in [0.25, 0.3) is 27.7 Å². The summed E-state index contributed by atoms with van der Waals surface area (Å²) in [4.78, 5) is 4.59. The first-order valence-corrected chi connectivity index (χ1v) is 11.7. The number of nitrogens with zero attached hydrogens (tertiary/aromatic N) is 3. The van der Waals surface area contributed by atoms with Gasteiger partial charge in [0.05, 0.1) is 11.3 Å². The van der Waals surface area contributed by atoms with Crippen molar-refractivity contribution in [2.45, 2.75) is 58.7 Å². The van der Waals surface area contributed by atoms with Crippen molar-refractivity contribution >= 4 is 10.8 Å². The van der Waals surface area contributed by atoms with E-state index >= 15 is 0 Å². The Hall–Kier alpha value is -2.94. The third-order valence-corrected chi connectivity index (χ3v) is 7.34. The van der Waals surface area contributed by atoms with Crippen molar-refractivity contribution in [3.63, 3.8) is 0 Å². The fourth-order valence-electron chi connectivity index (χ4n) is 5.76. The van der Waals surface area contributed by atoms with Crippen molar-refractivity contribution in [1.82, 2.24) is 9.55 Å². The standard InChI is InChI=1S/C29H32N3/c1-19-18-31(3)26(16-22(19)15-21-9-5-4-6-10-21)28-20(2)23-11-7-8-12-24(23)29-25(28)17-27-30-13-14-32(27)29/h7-8,11-14,16,18,21H,4-6,9-10,15,17H2,1-3H3/q+1/i1D3,15D2. The summed E-state index contributed by atoms with van der Waals surface area (Å²) < 4.78 is 47.3. The van der Waals surface area contributed by atoms with Gasteiger partial charge in [0.1, 0.15) is 12.9 Å². The van der Waals surface area contributed by atoms with E-state index in [0.717, 1.165) is 76.8 Å². The molecule has 3 heterocycles. The van der Waals surface area contributed by atoms with Gasteiger partial charge in [-0.1, -0.05) is 56.4 Å². The van der Waals surface area contributed by atoms with Crippen molar-refractivity contribution in [3.05, 3.63) is 77.0 Å². The highest BCUT2D eigenvalue weighted by Crippen LogP contribution is 2.42. The van der Waals surface area contributed by atoms with E-state index in [1.54, 1.807) is 6.20 Å². The Morgan fingerprint density at radius 1 is 1.19 bits per heavy atom. The third-order valence-electron chi connectivity index (χ3n) is 7.34. The zero-order chi connectivity index (χ0) is 26.1. The zero-order valence-corrected chi connectivity index (χ0v) is 18.8. The molecule has 4 aromatic rings. The lowest BCUT2D eigenvalue weighted by atomic mass is 9.83. The fraction of sp³-hybridized carbons (Fsp3) is 0.379. The predicted octanol–water partition coefficient (Wildman–Crippen LogP) is 6.16. The van der Waals surface area contributed by atoms with Gasteiger partial charge < -0.3 is 4.57 Å². The van der Waals surface area contributed by atoms with Crippen LogP contribution < -0.4 is 4.57 Å². The normalized spacial score (nSPS) is 19.0. The number of pyridine rings is 1. The molecule has 32 heavy (non-hydrogen) atoms. The first-order valence-electron chi connectivity index (χ1n) is 14.2. The lowest BCUT2D eigenvalue weighted by molar-refractivity contribution is -0.660. The van der Waals surface area contributed by atoms with Crippen LogP contribution in [0.5, 0.6) is 0 Å². The lowest BCUT2D eigenvalue weighted by Gasteiger charge is -2.22. The Kier molecular flexibility index (Phi) is 3.55. The average Bonchev–Trinajstić information content (AvgIpc) is 3.46. The van der Waals surface area contributed by atoms with Crippen LogP contribution in [0.4, 0.5) is 0 Å². The molecule has 1 saturated carbocycles. The van der Waals surface area contributed by atoms with Crippen LogP contribution in [0.2, 0.25) is 0 Å². The fourth-order valence-corrected chi connectivity index (χ4v) is 5.76. The van der Waals surface area contributed by atoms with Crippen LogP contribution in [-0.4, -0.2) is 9.55 Å². The zero-order valence-electron chi connectivity index (χ0n) is 23.8. The monoisotopic (exact) mass is 427 g/mol. The lowest BCUT2D eigenvalue weighted by Crippen LogP contribution is -2.32. The number of aromatic nitrogens is 3. The van der Waals surface area contributed by atoms with Crippen LogP contribution >= 0.6 is 0 Å². The summed E-state index contributed by atoms with van der Waals surface area (Å²) in [6.45, 7) is -0.289. The molecule has 2 aromatic heterocycles. The maximum atomic E-state index is 9.22. The molecule has 0 saturated heterocycles. The molecule has 0 unspecified atom stereocenters. The van der Waals surface area contributed by atoms with Gasteiger partial charge in [-0.25, -0.2) is 9.55 Å². The molecular weight excluding hydrogens is 390 g/mol. The topological polar surface area (TPSA) is 21.7 Å². The van der Waals surface area contributed by atoms with Crippen LogP contribution in [0, 0.1) is 19.7 Å². The SMILES string of the molecule is [2H]C([2H])([2H])c1c[n+](C)c(-c2c3c(c4ccccc4c2C)-n2ccnc2C3)cc1C([2H])([2H])C1CCCCC1. The first kappa shape index (κ1) is 15.0. The number of fused-ring (bicyclic) bond motifs is 5. The summed E-state index contributed by atoms with van der Waals surface area (Å²) >= 11 is 0. The Morgan fingerprint density at radius 3 is 2.81 bits per heavy atom. The van der Waals surface area contributed by atoms with Gasteiger partial charge >= 0.3 is 0 Å². The summed E-state index contributed by atoms with van der Waals surface area (Å²) in [5, 5.41) is 2.30. The number of rotatable bonds is 3. The first-order chi connectivity index (χ1) is 17.6. The highest BCUT2D eigenvalue weighted by molar-refractivity contribution is 6.00. The van der Waals surface area contributed by atoms with E-state index in [-0.39, 0.29) is 11.5 Å². The number of aryl methyl sites for hydroxylation is 3. The molecule has 6 rings (SSSR count). The number of hydrogen-bond donors (Lipinski definition) is 0. The van der Waals surface area contributed by atoms with Gasteiger partial charge in [0.15, 0.2) is 6.20 Å². The molecule has 162 valence electrons. The Labute approximate surface area is 197 Å². The molecule has 3 nitrogen and oxygen atoms in total.